The molecule has 36 heavy (non-hydrogen) atoms. The fourth-order valence-electron chi connectivity index (χ4n) is 4.39. The number of morpholine rings is 1. The lowest BCUT2D eigenvalue weighted by molar-refractivity contribution is 0.0984. The van der Waals surface area contributed by atoms with Crippen LogP contribution in [0, 0.1) is 6.92 Å². The van der Waals surface area contributed by atoms with E-state index in [2.05, 4.69) is 47.4 Å². The molecule has 4 N–H and O–H groups in total. The highest BCUT2D eigenvalue weighted by molar-refractivity contribution is 5.99. The Morgan fingerprint density at radius 1 is 1.19 bits per heavy atom. The summed E-state index contributed by atoms with van der Waals surface area (Å²) in [5, 5.41) is 6.24. The number of rotatable bonds is 6. The summed E-state index contributed by atoms with van der Waals surface area (Å²) in [6.45, 7) is 6.23. The van der Waals surface area contributed by atoms with Crippen molar-refractivity contribution in [2.24, 2.45) is 12.8 Å². The molecule has 1 amide bonds. The standard InChI is InChI=1S/C24H28N10O2/c1-13-7-15(8-28-24(13)34-5-6-36-11-14(34)2)30-23-20(21(25)35)31-19(22(26-3)32-23)16-9-27-10-17-18(16)29-12-33(17)4/h7-10,12,14H,5-6,11H2,1-4H3,(H2,25,35)(H2,26,30,32)/t14-/m0/s1. The van der Waals surface area contributed by atoms with Gasteiger partial charge in [-0.1, -0.05) is 0 Å². The summed E-state index contributed by atoms with van der Waals surface area (Å²) in [5.74, 6) is 0.870. The van der Waals surface area contributed by atoms with Crippen LogP contribution in [0.2, 0.25) is 0 Å². The average molecular weight is 489 g/mol. The van der Waals surface area contributed by atoms with Crippen LogP contribution in [-0.2, 0) is 11.8 Å². The van der Waals surface area contributed by atoms with Crippen LogP contribution in [0.5, 0.6) is 0 Å². The summed E-state index contributed by atoms with van der Waals surface area (Å²) in [6.07, 6.45) is 6.78. The number of amides is 1. The maximum Gasteiger partial charge on any atom is 0.271 e. The molecule has 0 bridgehead atoms. The maximum absolute atomic E-state index is 12.4. The molecule has 0 spiro atoms. The van der Waals surface area contributed by atoms with Gasteiger partial charge in [0.25, 0.3) is 5.91 Å². The van der Waals surface area contributed by atoms with Crippen molar-refractivity contribution < 1.29 is 9.53 Å². The number of imidazole rings is 1. The van der Waals surface area contributed by atoms with Gasteiger partial charge in [-0.2, -0.15) is 0 Å². The highest BCUT2D eigenvalue weighted by Crippen LogP contribution is 2.33. The molecule has 186 valence electrons. The van der Waals surface area contributed by atoms with Crippen LogP contribution in [-0.4, -0.2) is 68.2 Å². The van der Waals surface area contributed by atoms with Crippen LogP contribution in [0.1, 0.15) is 23.0 Å². The number of pyridine rings is 2. The van der Waals surface area contributed by atoms with E-state index < -0.39 is 5.91 Å². The molecule has 0 radical (unpaired) electrons. The van der Waals surface area contributed by atoms with E-state index in [0.29, 0.717) is 41.5 Å². The number of hydrogen-bond donors (Lipinski definition) is 3. The van der Waals surface area contributed by atoms with Gasteiger partial charge in [-0.05, 0) is 25.5 Å². The number of aryl methyl sites for hydroxylation is 2. The molecule has 0 unspecified atom stereocenters. The monoisotopic (exact) mass is 488 g/mol. The van der Waals surface area contributed by atoms with Gasteiger partial charge in [-0.25, -0.2) is 19.9 Å². The van der Waals surface area contributed by atoms with Crippen LogP contribution >= 0.6 is 0 Å². The van der Waals surface area contributed by atoms with Gasteiger partial charge in [0.2, 0.25) is 0 Å². The van der Waals surface area contributed by atoms with Crippen molar-refractivity contribution in [3.63, 3.8) is 0 Å². The zero-order valence-electron chi connectivity index (χ0n) is 20.6. The molecule has 12 nitrogen and oxygen atoms in total. The number of carbonyl (C=O) groups excluding carboxylic acids is 1. The van der Waals surface area contributed by atoms with Crippen molar-refractivity contribution in [3.8, 4) is 11.3 Å². The number of fused-ring (bicyclic) bond motifs is 1. The number of nitrogens with zero attached hydrogens (tertiary/aromatic N) is 7. The molecule has 0 aromatic carbocycles. The van der Waals surface area contributed by atoms with Crippen molar-refractivity contribution in [2.75, 3.05) is 42.3 Å². The summed E-state index contributed by atoms with van der Waals surface area (Å²) >= 11 is 0. The lowest BCUT2D eigenvalue weighted by Crippen LogP contribution is -2.44. The smallest absolute Gasteiger partial charge is 0.271 e. The second-order valence-electron chi connectivity index (χ2n) is 8.75. The van der Waals surface area contributed by atoms with E-state index >= 15 is 0 Å². The number of aromatic nitrogens is 6. The van der Waals surface area contributed by atoms with Gasteiger partial charge >= 0.3 is 0 Å². The topological polar surface area (TPSA) is 149 Å². The largest absolute Gasteiger partial charge is 0.377 e. The Labute approximate surface area is 207 Å². The van der Waals surface area contributed by atoms with Gasteiger partial charge in [0.15, 0.2) is 17.3 Å². The summed E-state index contributed by atoms with van der Waals surface area (Å²) < 4.78 is 7.41. The highest BCUT2D eigenvalue weighted by atomic mass is 16.5. The van der Waals surface area contributed by atoms with E-state index in [0.717, 1.165) is 23.4 Å². The summed E-state index contributed by atoms with van der Waals surface area (Å²) in [5.41, 5.74) is 9.97. The molecule has 0 saturated carbocycles. The first kappa shape index (κ1) is 23.4. The van der Waals surface area contributed by atoms with Crippen LogP contribution in [0.15, 0.2) is 31.0 Å². The normalized spacial score (nSPS) is 15.8. The molecule has 4 aromatic heterocycles. The Kier molecular flexibility index (Phi) is 6.10. The zero-order valence-corrected chi connectivity index (χ0v) is 20.6. The summed E-state index contributed by atoms with van der Waals surface area (Å²) in [7, 11) is 3.62. The lowest BCUT2D eigenvalue weighted by atomic mass is 10.1. The van der Waals surface area contributed by atoms with E-state index in [1.54, 1.807) is 32.0 Å². The summed E-state index contributed by atoms with van der Waals surface area (Å²) in [6, 6.07) is 2.20. The molecule has 5 heterocycles. The van der Waals surface area contributed by atoms with Gasteiger partial charge in [0.1, 0.15) is 17.0 Å². The summed E-state index contributed by atoms with van der Waals surface area (Å²) in [4.78, 5) is 37.4. The molecular weight excluding hydrogens is 460 g/mol. The third-order valence-corrected chi connectivity index (χ3v) is 6.21. The Balaban J connectivity index is 1.53. The van der Waals surface area contributed by atoms with E-state index in [9.17, 15) is 4.79 Å². The first-order chi connectivity index (χ1) is 17.4. The molecule has 12 heteroatoms. The number of primary amides is 1. The zero-order chi connectivity index (χ0) is 25.4. The fraction of sp³-hybridized carbons (Fsp3) is 0.333. The van der Waals surface area contributed by atoms with Gasteiger partial charge < -0.3 is 30.6 Å². The average Bonchev–Trinajstić information content (AvgIpc) is 3.25. The quantitative estimate of drug-likeness (QED) is 0.369. The molecule has 5 rings (SSSR count). The van der Waals surface area contributed by atoms with Crippen LogP contribution in [0.3, 0.4) is 0 Å². The number of hydrogen-bond acceptors (Lipinski definition) is 10. The minimum atomic E-state index is -0.710. The number of carbonyl (C=O) groups is 1. The van der Waals surface area contributed by atoms with Crippen molar-refractivity contribution >= 4 is 40.1 Å². The van der Waals surface area contributed by atoms with E-state index in [1.807, 2.05) is 24.6 Å². The van der Waals surface area contributed by atoms with Crippen LogP contribution < -0.4 is 21.3 Å². The Morgan fingerprint density at radius 2 is 2.03 bits per heavy atom. The number of anilines is 4. The molecule has 4 aromatic rings. The van der Waals surface area contributed by atoms with E-state index in [4.69, 9.17) is 10.5 Å². The van der Waals surface area contributed by atoms with Crippen LogP contribution in [0.25, 0.3) is 22.3 Å². The van der Waals surface area contributed by atoms with Crippen molar-refractivity contribution in [3.05, 3.63) is 42.2 Å². The maximum atomic E-state index is 12.4. The predicted octanol–water partition coefficient (Wildman–Crippen LogP) is 2.24. The van der Waals surface area contributed by atoms with Crippen molar-refractivity contribution in [2.45, 2.75) is 19.9 Å². The second kappa shape index (κ2) is 9.38. The van der Waals surface area contributed by atoms with Gasteiger partial charge in [-0.3, -0.25) is 9.78 Å². The third kappa shape index (κ3) is 4.15. The van der Waals surface area contributed by atoms with Crippen LogP contribution in [0.4, 0.5) is 23.1 Å². The predicted molar refractivity (Wildman–Crippen MR) is 137 cm³/mol. The van der Waals surface area contributed by atoms with E-state index in [1.165, 1.54) is 0 Å². The van der Waals surface area contributed by atoms with Gasteiger partial charge in [0.05, 0.1) is 54.7 Å². The van der Waals surface area contributed by atoms with Crippen molar-refractivity contribution in [1.82, 2.24) is 29.5 Å². The minimum absolute atomic E-state index is 0.000431. The van der Waals surface area contributed by atoms with E-state index in [-0.39, 0.29) is 17.6 Å². The SMILES string of the molecule is CNc1nc(Nc2cnc(N3CCOC[C@@H]3C)c(C)c2)c(C(N)=O)nc1-c1cncc2c1ncn2C. The lowest BCUT2D eigenvalue weighted by Gasteiger charge is -2.35. The molecule has 1 aliphatic rings. The Morgan fingerprint density at radius 3 is 2.75 bits per heavy atom. The Bertz CT molecular complexity index is 1450. The molecule has 1 fully saturated rings. The number of nitrogens with two attached hydrogens (primary N) is 1. The first-order valence-corrected chi connectivity index (χ1v) is 11.6. The van der Waals surface area contributed by atoms with Crippen molar-refractivity contribution in [1.29, 1.82) is 0 Å². The second-order valence-corrected chi connectivity index (χ2v) is 8.75. The van der Waals surface area contributed by atoms with Gasteiger partial charge in [0, 0.05) is 26.8 Å². The number of nitrogens with one attached hydrogen (secondary N) is 2. The highest BCUT2D eigenvalue weighted by Gasteiger charge is 2.23. The number of ether oxygens (including phenoxy) is 1. The molecule has 1 saturated heterocycles. The third-order valence-electron chi connectivity index (χ3n) is 6.21. The fourth-order valence-corrected chi connectivity index (χ4v) is 4.39. The molecule has 1 aliphatic heterocycles. The first-order valence-electron chi connectivity index (χ1n) is 11.6. The molecule has 0 aliphatic carbocycles. The minimum Gasteiger partial charge on any atom is -0.377 e. The molecular formula is C24H28N10O2. The molecule has 1 atom stereocenters. The van der Waals surface area contributed by atoms with Gasteiger partial charge in [-0.15, -0.1) is 0 Å². The Hall–Kier alpha value is -4.32.